The van der Waals surface area contributed by atoms with Gasteiger partial charge in [0.15, 0.2) is 0 Å². The van der Waals surface area contributed by atoms with E-state index in [1.165, 1.54) is 17.3 Å². The first-order chi connectivity index (χ1) is 16.7. The predicted molar refractivity (Wildman–Crippen MR) is 134 cm³/mol. The van der Waals surface area contributed by atoms with E-state index in [-0.39, 0.29) is 18.5 Å². The molecule has 190 valence electrons. The molecule has 2 fully saturated rings. The fourth-order valence-corrected chi connectivity index (χ4v) is 7.23. The molecule has 0 aliphatic carbocycles. The number of aliphatic hydroxyl groups excluding tert-OH is 1. The largest absolute Gasteiger partial charge is 0.384 e. The lowest BCUT2D eigenvalue weighted by molar-refractivity contribution is -0.139. The van der Waals surface area contributed by atoms with Crippen molar-refractivity contribution in [1.82, 2.24) is 9.21 Å². The van der Waals surface area contributed by atoms with Gasteiger partial charge in [0.05, 0.1) is 0 Å². The zero-order valence-electron chi connectivity index (χ0n) is 20.3. The summed E-state index contributed by atoms with van der Waals surface area (Å²) in [5.74, 6) is -0.730. The number of nitrogens with zero attached hydrogens (tertiary/aromatic N) is 3. The minimum Gasteiger partial charge on any atom is -0.384 e. The first-order valence-electron chi connectivity index (χ1n) is 12.2. The van der Waals surface area contributed by atoms with Crippen molar-refractivity contribution in [2.24, 2.45) is 0 Å². The topological polar surface area (TPSA) is 81.2 Å². The SMILES string of the molecule is CC(O)C(=O)N1CCCN(c2ccc(CN3C(C)CCC(c4ccccc4)S3(=O)=O)c(F)c2)CC1. The molecule has 3 atom stereocenters. The molecule has 0 spiro atoms. The van der Waals surface area contributed by atoms with Gasteiger partial charge in [0, 0.05) is 50.0 Å². The smallest absolute Gasteiger partial charge is 0.251 e. The number of halogens is 1. The molecule has 4 rings (SSSR count). The lowest BCUT2D eigenvalue weighted by Gasteiger charge is -2.37. The van der Waals surface area contributed by atoms with E-state index in [0.29, 0.717) is 56.7 Å². The van der Waals surface area contributed by atoms with Crippen molar-refractivity contribution < 1.29 is 22.7 Å². The Morgan fingerprint density at radius 3 is 2.51 bits per heavy atom. The third kappa shape index (κ3) is 5.52. The number of carbonyl (C=O) groups excluding carboxylic acids is 1. The Kier molecular flexibility index (Phi) is 7.78. The molecule has 9 heteroatoms. The van der Waals surface area contributed by atoms with Gasteiger partial charge in [-0.1, -0.05) is 36.4 Å². The van der Waals surface area contributed by atoms with Crippen LogP contribution in [0.3, 0.4) is 0 Å². The molecule has 0 bridgehead atoms. The molecule has 35 heavy (non-hydrogen) atoms. The Balaban J connectivity index is 1.49. The van der Waals surface area contributed by atoms with Crippen LogP contribution in [-0.4, -0.2) is 67.0 Å². The van der Waals surface area contributed by atoms with E-state index in [4.69, 9.17) is 0 Å². The highest BCUT2D eigenvalue weighted by Gasteiger charge is 2.40. The zero-order chi connectivity index (χ0) is 25.2. The van der Waals surface area contributed by atoms with Gasteiger partial charge >= 0.3 is 0 Å². The number of hydrogen-bond donors (Lipinski definition) is 1. The molecule has 0 aromatic heterocycles. The number of rotatable bonds is 5. The quantitative estimate of drug-likeness (QED) is 0.677. The number of hydrogen-bond acceptors (Lipinski definition) is 5. The van der Waals surface area contributed by atoms with Crippen LogP contribution in [0.1, 0.15) is 49.5 Å². The van der Waals surface area contributed by atoms with Crippen LogP contribution < -0.4 is 4.90 Å². The molecular formula is C26H34FN3O4S. The second-order valence-corrected chi connectivity index (χ2v) is 11.6. The standard InChI is InChI=1S/C26H34FN3O4S/c1-19-9-12-25(21-7-4-3-5-8-21)35(33,34)30(19)18-22-10-11-23(17-24(22)27)28-13-6-14-29(16-15-28)26(32)20(2)31/h3-5,7-8,10-11,17,19-20,25,31H,6,9,12-16,18H2,1-2H3. The molecule has 2 heterocycles. The van der Waals surface area contributed by atoms with Gasteiger partial charge in [-0.2, -0.15) is 4.31 Å². The van der Waals surface area contributed by atoms with Gasteiger partial charge in [-0.05, 0) is 50.8 Å². The second-order valence-electron chi connectivity index (χ2n) is 9.53. The molecule has 2 aliphatic heterocycles. The van der Waals surface area contributed by atoms with E-state index in [0.717, 1.165) is 5.56 Å². The summed E-state index contributed by atoms with van der Waals surface area (Å²) in [5, 5.41) is 8.97. The first-order valence-corrected chi connectivity index (χ1v) is 13.7. The fourth-order valence-electron chi connectivity index (χ4n) is 5.04. The van der Waals surface area contributed by atoms with E-state index in [1.807, 2.05) is 48.2 Å². The minimum atomic E-state index is -3.64. The number of sulfonamides is 1. The van der Waals surface area contributed by atoms with Crippen LogP contribution in [0.5, 0.6) is 0 Å². The van der Waals surface area contributed by atoms with Crippen LogP contribution in [0.15, 0.2) is 48.5 Å². The summed E-state index contributed by atoms with van der Waals surface area (Å²) in [6.45, 7) is 5.54. The third-order valence-corrected chi connectivity index (χ3v) is 9.46. The van der Waals surface area contributed by atoms with Gasteiger partial charge in [-0.3, -0.25) is 4.79 Å². The third-order valence-electron chi connectivity index (χ3n) is 7.09. The molecule has 2 aliphatic rings. The van der Waals surface area contributed by atoms with Crippen molar-refractivity contribution in [3.8, 4) is 0 Å². The van der Waals surface area contributed by atoms with Crippen molar-refractivity contribution in [3.63, 3.8) is 0 Å². The summed E-state index contributed by atoms with van der Waals surface area (Å²) in [6, 6.07) is 14.0. The highest BCUT2D eigenvalue weighted by molar-refractivity contribution is 7.89. The summed E-state index contributed by atoms with van der Waals surface area (Å²) in [4.78, 5) is 15.8. The lowest BCUT2D eigenvalue weighted by Crippen LogP contribution is -2.44. The molecule has 0 radical (unpaired) electrons. The van der Waals surface area contributed by atoms with Gasteiger partial charge in [-0.25, -0.2) is 12.8 Å². The molecule has 2 saturated heterocycles. The van der Waals surface area contributed by atoms with Gasteiger partial charge in [-0.15, -0.1) is 0 Å². The summed E-state index contributed by atoms with van der Waals surface area (Å²) in [7, 11) is -3.64. The van der Waals surface area contributed by atoms with E-state index in [9.17, 15) is 18.3 Å². The molecule has 1 amide bonds. The average Bonchev–Trinajstić information content (AvgIpc) is 3.08. The molecular weight excluding hydrogens is 469 g/mol. The van der Waals surface area contributed by atoms with Crippen molar-refractivity contribution >= 4 is 21.6 Å². The second kappa shape index (κ2) is 10.6. The highest BCUT2D eigenvalue weighted by atomic mass is 32.2. The number of anilines is 1. The Morgan fingerprint density at radius 1 is 1.09 bits per heavy atom. The zero-order valence-corrected chi connectivity index (χ0v) is 21.1. The Morgan fingerprint density at radius 2 is 1.83 bits per heavy atom. The van der Waals surface area contributed by atoms with E-state index >= 15 is 4.39 Å². The Hall–Kier alpha value is -2.49. The number of carbonyl (C=O) groups is 1. The minimum absolute atomic E-state index is 0.00435. The maximum atomic E-state index is 15.2. The van der Waals surface area contributed by atoms with Crippen molar-refractivity contribution in [2.75, 3.05) is 31.1 Å². The molecule has 1 N–H and O–H groups in total. The Bertz CT molecular complexity index is 1140. The first kappa shape index (κ1) is 25.6. The molecule has 3 unspecified atom stereocenters. The normalized spacial score (nSPS) is 24.1. The van der Waals surface area contributed by atoms with Crippen molar-refractivity contribution in [3.05, 3.63) is 65.5 Å². The molecule has 2 aromatic carbocycles. The lowest BCUT2D eigenvalue weighted by atomic mass is 10.0. The van der Waals surface area contributed by atoms with Gasteiger partial charge in [0.1, 0.15) is 17.2 Å². The summed E-state index contributed by atoms with van der Waals surface area (Å²) < 4.78 is 43.6. The maximum Gasteiger partial charge on any atom is 0.251 e. The molecule has 7 nitrogen and oxygen atoms in total. The number of aliphatic hydroxyl groups is 1. The molecule has 0 saturated carbocycles. The van der Waals surface area contributed by atoms with Crippen LogP contribution in [0, 0.1) is 5.82 Å². The summed E-state index contributed by atoms with van der Waals surface area (Å²) >= 11 is 0. The van der Waals surface area contributed by atoms with Crippen molar-refractivity contribution in [2.45, 2.75) is 57.1 Å². The van der Waals surface area contributed by atoms with E-state index < -0.39 is 27.2 Å². The van der Waals surface area contributed by atoms with E-state index in [2.05, 4.69) is 0 Å². The van der Waals surface area contributed by atoms with Gasteiger partial charge in [0.2, 0.25) is 10.0 Å². The van der Waals surface area contributed by atoms with Gasteiger partial charge in [0.25, 0.3) is 5.91 Å². The van der Waals surface area contributed by atoms with Crippen molar-refractivity contribution in [1.29, 1.82) is 0 Å². The van der Waals surface area contributed by atoms with Crippen LogP contribution >= 0.6 is 0 Å². The maximum absolute atomic E-state index is 15.2. The summed E-state index contributed by atoms with van der Waals surface area (Å²) in [5.41, 5.74) is 1.82. The molecule has 2 aromatic rings. The number of benzene rings is 2. The van der Waals surface area contributed by atoms with Crippen LogP contribution in [-0.2, 0) is 21.4 Å². The number of amides is 1. The van der Waals surface area contributed by atoms with E-state index in [1.54, 1.807) is 11.0 Å². The monoisotopic (exact) mass is 503 g/mol. The fraction of sp³-hybridized carbons (Fsp3) is 0.500. The Labute approximate surface area is 207 Å². The highest BCUT2D eigenvalue weighted by Crippen LogP contribution is 2.38. The van der Waals surface area contributed by atoms with Crippen LogP contribution in [0.2, 0.25) is 0 Å². The van der Waals surface area contributed by atoms with Crippen LogP contribution in [0.4, 0.5) is 10.1 Å². The predicted octanol–water partition coefficient (Wildman–Crippen LogP) is 3.30. The van der Waals surface area contributed by atoms with Crippen LogP contribution in [0.25, 0.3) is 0 Å². The average molecular weight is 504 g/mol. The summed E-state index contributed by atoms with van der Waals surface area (Å²) in [6.07, 6.45) is 0.947. The van der Waals surface area contributed by atoms with Gasteiger partial charge < -0.3 is 14.9 Å².